The number of benzene rings is 1. The van der Waals surface area contributed by atoms with E-state index in [0.717, 1.165) is 30.9 Å². The molecule has 2 heterocycles. The van der Waals surface area contributed by atoms with E-state index in [1.165, 1.54) is 12.1 Å². The first kappa shape index (κ1) is 25.6. The summed E-state index contributed by atoms with van der Waals surface area (Å²) in [6, 6.07) is 4.18. The Hall–Kier alpha value is -2.67. The topological polar surface area (TPSA) is 73.5 Å². The number of hydrogen-bond donors (Lipinski definition) is 3. The minimum Gasteiger partial charge on any atom is -0.382 e. The van der Waals surface area contributed by atoms with Crippen molar-refractivity contribution in [3.05, 3.63) is 46.9 Å². The van der Waals surface area contributed by atoms with Gasteiger partial charge in [0.25, 0.3) is 5.91 Å². The van der Waals surface area contributed by atoms with Crippen LogP contribution in [0.5, 0.6) is 0 Å². The van der Waals surface area contributed by atoms with E-state index in [9.17, 15) is 14.0 Å². The van der Waals surface area contributed by atoms with Crippen molar-refractivity contribution in [2.75, 3.05) is 31.5 Å². The lowest BCUT2D eigenvalue weighted by Crippen LogP contribution is -2.41. The number of amides is 2. The molecule has 0 spiro atoms. The highest BCUT2D eigenvalue weighted by Crippen LogP contribution is 2.34. The van der Waals surface area contributed by atoms with Crippen LogP contribution in [-0.4, -0.2) is 48.9 Å². The van der Waals surface area contributed by atoms with Crippen molar-refractivity contribution in [1.29, 1.82) is 0 Å². The number of carbonyl (C=O) groups excluding carboxylic acids is 2. The van der Waals surface area contributed by atoms with Gasteiger partial charge in [-0.15, -0.1) is 0 Å². The lowest BCUT2D eigenvalue weighted by atomic mass is 9.86. The molecule has 2 aliphatic rings. The molecule has 0 aliphatic carbocycles. The average molecular weight is 445 g/mol. The van der Waals surface area contributed by atoms with Gasteiger partial charge in [-0.2, -0.15) is 0 Å². The fourth-order valence-corrected chi connectivity index (χ4v) is 4.28. The zero-order valence-corrected chi connectivity index (χ0v) is 20.1. The zero-order chi connectivity index (χ0) is 23.8. The standard InChI is InChI=1S/C23H31FN4O2.C2H6/c1-5-28(6-2)10-9-25-23(30)21-14(3)11-17(26-15(21)4)13-19-18-12-16(24)7-8-20(18)27-22(19)29;1-2/h7-8,12-14,17,26H,5-6,9-11H2,1-4H3,(H,25,30)(H,27,29);1-2H3/b19-13-;. The number of nitrogens with zero attached hydrogens (tertiary/aromatic N) is 1. The van der Waals surface area contributed by atoms with Crippen LogP contribution in [0.2, 0.25) is 0 Å². The lowest BCUT2D eigenvalue weighted by molar-refractivity contribution is -0.118. The summed E-state index contributed by atoms with van der Waals surface area (Å²) >= 11 is 0. The lowest BCUT2D eigenvalue weighted by Gasteiger charge is -2.31. The molecule has 1 aromatic rings. The summed E-state index contributed by atoms with van der Waals surface area (Å²) < 4.78 is 13.7. The molecule has 2 aliphatic heterocycles. The summed E-state index contributed by atoms with van der Waals surface area (Å²) in [5.74, 6) is -0.609. The first-order chi connectivity index (χ1) is 15.3. The summed E-state index contributed by atoms with van der Waals surface area (Å²) in [5, 5.41) is 9.15. The Morgan fingerprint density at radius 1 is 1.28 bits per heavy atom. The van der Waals surface area contributed by atoms with E-state index >= 15 is 0 Å². The zero-order valence-electron chi connectivity index (χ0n) is 20.1. The highest BCUT2D eigenvalue weighted by molar-refractivity contribution is 6.31. The summed E-state index contributed by atoms with van der Waals surface area (Å²) in [6.45, 7) is 15.5. The van der Waals surface area contributed by atoms with Gasteiger partial charge in [0.15, 0.2) is 0 Å². The Bertz CT molecular complexity index is 890. The highest BCUT2D eigenvalue weighted by atomic mass is 19.1. The summed E-state index contributed by atoms with van der Waals surface area (Å²) in [7, 11) is 0. The van der Waals surface area contributed by atoms with Crippen LogP contribution in [0.1, 0.15) is 53.5 Å². The molecular formula is C25H37FN4O2. The molecule has 6 nitrogen and oxygen atoms in total. The molecule has 3 N–H and O–H groups in total. The normalized spacial score (nSPS) is 21.0. The second kappa shape index (κ2) is 11.8. The molecule has 0 radical (unpaired) electrons. The maximum absolute atomic E-state index is 13.7. The minimum absolute atomic E-state index is 0.0398. The van der Waals surface area contributed by atoms with Gasteiger partial charge in [0.05, 0.1) is 0 Å². The number of halogens is 1. The molecule has 2 atom stereocenters. The van der Waals surface area contributed by atoms with Crippen LogP contribution >= 0.6 is 0 Å². The summed E-state index contributed by atoms with van der Waals surface area (Å²) in [4.78, 5) is 27.4. The van der Waals surface area contributed by atoms with Crippen LogP contribution in [0, 0.1) is 11.7 Å². The molecule has 0 saturated carbocycles. The van der Waals surface area contributed by atoms with Gasteiger partial charge in [-0.05, 0) is 56.6 Å². The van der Waals surface area contributed by atoms with Crippen molar-refractivity contribution in [2.24, 2.45) is 5.92 Å². The molecule has 7 heteroatoms. The second-order valence-electron chi connectivity index (χ2n) is 7.93. The van der Waals surface area contributed by atoms with Gasteiger partial charge in [0, 0.05) is 47.2 Å². The molecular weight excluding hydrogens is 407 g/mol. The first-order valence-electron chi connectivity index (χ1n) is 11.6. The third-order valence-electron chi connectivity index (χ3n) is 5.89. The maximum Gasteiger partial charge on any atom is 0.256 e. The molecule has 1 aromatic carbocycles. The van der Waals surface area contributed by atoms with Gasteiger partial charge in [-0.25, -0.2) is 4.39 Å². The Kier molecular flexibility index (Phi) is 9.44. The molecule has 2 unspecified atom stereocenters. The minimum atomic E-state index is -0.374. The monoisotopic (exact) mass is 444 g/mol. The van der Waals surface area contributed by atoms with E-state index in [2.05, 4.69) is 34.7 Å². The van der Waals surface area contributed by atoms with Crippen LogP contribution in [0.25, 0.3) is 5.57 Å². The van der Waals surface area contributed by atoms with E-state index in [4.69, 9.17) is 0 Å². The van der Waals surface area contributed by atoms with Gasteiger partial charge in [0.1, 0.15) is 5.82 Å². The molecule has 176 valence electrons. The van der Waals surface area contributed by atoms with Crippen LogP contribution in [0.3, 0.4) is 0 Å². The second-order valence-corrected chi connectivity index (χ2v) is 7.93. The maximum atomic E-state index is 13.7. The van der Waals surface area contributed by atoms with Crippen molar-refractivity contribution in [3.8, 4) is 0 Å². The Morgan fingerprint density at radius 3 is 2.59 bits per heavy atom. The molecule has 32 heavy (non-hydrogen) atoms. The number of anilines is 1. The van der Waals surface area contributed by atoms with E-state index in [1.54, 1.807) is 6.07 Å². The predicted octanol–water partition coefficient (Wildman–Crippen LogP) is 3.92. The number of fused-ring (bicyclic) bond motifs is 1. The summed E-state index contributed by atoms with van der Waals surface area (Å²) in [5.41, 5.74) is 3.24. The summed E-state index contributed by atoms with van der Waals surface area (Å²) in [6.07, 6.45) is 2.52. The van der Waals surface area contributed by atoms with Gasteiger partial charge in [-0.3, -0.25) is 9.59 Å². The van der Waals surface area contributed by atoms with Crippen LogP contribution in [0.4, 0.5) is 10.1 Å². The third kappa shape index (κ3) is 5.97. The Labute approximate surface area is 191 Å². The molecule has 0 bridgehead atoms. The molecule has 2 amide bonds. The largest absolute Gasteiger partial charge is 0.382 e. The van der Waals surface area contributed by atoms with Gasteiger partial charge < -0.3 is 20.9 Å². The average Bonchev–Trinajstić information content (AvgIpc) is 3.06. The number of nitrogens with one attached hydrogen (secondary N) is 3. The third-order valence-corrected chi connectivity index (χ3v) is 5.89. The van der Waals surface area contributed by atoms with Gasteiger partial charge in [-0.1, -0.05) is 34.6 Å². The quantitative estimate of drug-likeness (QED) is 0.558. The number of hydrogen-bond acceptors (Lipinski definition) is 4. The smallest absolute Gasteiger partial charge is 0.256 e. The molecule has 0 aromatic heterocycles. The number of allylic oxidation sites excluding steroid dienone is 1. The van der Waals surface area contributed by atoms with Crippen LogP contribution < -0.4 is 16.0 Å². The first-order valence-corrected chi connectivity index (χ1v) is 11.6. The highest BCUT2D eigenvalue weighted by Gasteiger charge is 2.30. The van der Waals surface area contributed by atoms with E-state index in [0.29, 0.717) is 29.8 Å². The Morgan fingerprint density at radius 2 is 1.97 bits per heavy atom. The number of rotatable bonds is 7. The van der Waals surface area contributed by atoms with E-state index in [-0.39, 0.29) is 29.6 Å². The molecule has 0 saturated heterocycles. The van der Waals surface area contributed by atoms with Crippen molar-refractivity contribution < 1.29 is 14.0 Å². The molecule has 3 rings (SSSR count). The molecule has 0 fully saturated rings. The van der Waals surface area contributed by atoms with Crippen molar-refractivity contribution in [2.45, 2.75) is 54.0 Å². The van der Waals surface area contributed by atoms with Gasteiger partial charge in [0.2, 0.25) is 5.91 Å². The fraction of sp³-hybridized carbons (Fsp3) is 0.520. The van der Waals surface area contributed by atoms with Crippen molar-refractivity contribution in [3.63, 3.8) is 0 Å². The Balaban J connectivity index is 0.00000176. The number of likely N-dealkylation sites (N-methyl/N-ethyl adjacent to an activating group) is 1. The van der Waals surface area contributed by atoms with Gasteiger partial charge >= 0.3 is 0 Å². The van der Waals surface area contributed by atoms with E-state index < -0.39 is 0 Å². The number of carbonyl (C=O) groups is 2. The fourth-order valence-electron chi connectivity index (χ4n) is 4.28. The van der Waals surface area contributed by atoms with Crippen molar-refractivity contribution >= 4 is 23.1 Å². The van der Waals surface area contributed by atoms with E-state index in [1.807, 2.05) is 33.8 Å². The van der Waals surface area contributed by atoms with Crippen molar-refractivity contribution in [1.82, 2.24) is 15.5 Å². The van der Waals surface area contributed by atoms with Crippen LogP contribution in [0.15, 0.2) is 35.5 Å². The SMILES string of the molecule is CC.CCN(CC)CCNC(=O)C1=C(C)NC(/C=C2\C(=O)Nc3ccc(F)cc32)CC1C. The van der Waals surface area contributed by atoms with Crippen LogP contribution in [-0.2, 0) is 9.59 Å². The predicted molar refractivity (Wildman–Crippen MR) is 129 cm³/mol.